The summed E-state index contributed by atoms with van der Waals surface area (Å²) in [5.41, 5.74) is 6.20. The van der Waals surface area contributed by atoms with Crippen molar-refractivity contribution in [1.29, 1.82) is 0 Å². The fraction of sp³-hybridized carbons (Fsp3) is 0.333. The van der Waals surface area contributed by atoms with Crippen LogP contribution in [0.1, 0.15) is 31.1 Å². The number of benzene rings is 1. The Morgan fingerprint density at radius 3 is 2.58 bits per heavy atom. The van der Waals surface area contributed by atoms with Gasteiger partial charge >= 0.3 is 0 Å². The van der Waals surface area contributed by atoms with Crippen LogP contribution in [0.15, 0.2) is 22.7 Å². The highest BCUT2D eigenvalue weighted by Gasteiger charge is 2.21. The molecule has 0 atom stereocenters. The number of rotatable bonds is 2. The monoisotopic (exact) mass is 323 g/mol. The van der Waals surface area contributed by atoms with Crippen LogP contribution < -0.4 is 5.73 Å². The number of aromatic nitrogens is 4. The average molecular weight is 324 g/mol. The molecule has 0 saturated carbocycles. The Kier molecular flexibility index (Phi) is 3.40. The van der Waals surface area contributed by atoms with Crippen molar-refractivity contribution in [2.75, 3.05) is 0 Å². The predicted octanol–water partition coefficient (Wildman–Crippen LogP) is 1.96. The summed E-state index contributed by atoms with van der Waals surface area (Å²) in [6.07, 6.45) is 0. The fourth-order valence-electron chi connectivity index (χ4n) is 1.68. The maximum absolute atomic E-state index is 11.3. The number of hydrogen-bond acceptors (Lipinski definition) is 4. The summed E-state index contributed by atoms with van der Waals surface area (Å²) < 4.78 is 2.46. The summed E-state index contributed by atoms with van der Waals surface area (Å²) >= 11 is 3.36. The third kappa shape index (κ3) is 2.81. The van der Waals surface area contributed by atoms with Gasteiger partial charge in [0.1, 0.15) is 0 Å². The first-order valence-electron chi connectivity index (χ1n) is 5.68. The van der Waals surface area contributed by atoms with Gasteiger partial charge in [0.05, 0.1) is 5.54 Å². The summed E-state index contributed by atoms with van der Waals surface area (Å²) in [6.45, 7) is 6.00. The number of hydrogen-bond donors (Lipinski definition) is 1. The minimum atomic E-state index is -0.489. The lowest BCUT2D eigenvalue weighted by atomic mass is 10.1. The van der Waals surface area contributed by atoms with Gasteiger partial charge in [0, 0.05) is 15.6 Å². The largest absolute Gasteiger partial charge is 0.366 e. The van der Waals surface area contributed by atoms with Gasteiger partial charge in [-0.2, -0.15) is 0 Å². The molecule has 0 fully saturated rings. The first-order valence-corrected chi connectivity index (χ1v) is 6.48. The quantitative estimate of drug-likeness (QED) is 0.915. The fourth-order valence-corrected chi connectivity index (χ4v) is 2.17. The number of primary amides is 1. The normalized spacial score (nSPS) is 11.6. The highest BCUT2D eigenvalue weighted by Crippen LogP contribution is 2.26. The van der Waals surface area contributed by atoms with Crippen molar-refractivity contribution >= 4 is 21.8 Å². The van der Waals surface area contributed by atoms with Gasteiger partial charge in [-0.25, -0.2) is 4.68 Å². The van der Waals surface area contributed by atoms with Crippen LogP contribution in [-0.2, 0) is 5.54 Å². The zero-order valence-electron chi connectivity index (χ0n) is 10.9. The van der Waals surface area contributed by atoms with E-state index in [1.54, 1.807) is 16.8 Å². The Hall–Kier alpha value is -1.76. The highest BCUT2D eigenvalue weighted by molar-refractivity contribution is 9.10. The van der Waals surface area contributed by atoms with Crippen LogP contribution >= 0.6 is 15.9 Å². The minimum absolute atomic E-state index is 0.256. The van der Waals surface area contributed by atoms with E-state index in [4.69, 9.17) is 5.73 Å². The standard InChI is InChI=1S/C12H14BrN5O/c1-12(2,3)18-11(15-16-17-18)8-4-7(10(14)19)5-9(13)6-8/h4-6H,1-3H3,(H2,14,19). The van der Waals surface area contributed by atoms with Crippen molar-refractivity contribution in [1.82, 2.24) is 20.2 Å². The van der Waals surface area contributed by atoms with Gasteiger partial charge in [-0.05, 0) is 49.4 Å². The molecule has 1 amide bonds. The van der Waals surface area contributed by atoms with Crippen LogP contribution in [0.3, 0.4) is 0 Å². The third-order valence-electron chi connectivity index (χ3n) is 2.55. The van der Waals surface area contributed by atoms with Crippen LogP contribution in [0.5, 0.6) is 0 Å². The zero-order valence-corrected chi connectivity index (χ0v) is 12.5. The Morgan fingerprint density at radius 2 is 2.00 bits per heavy atom. The number of nitrogens with zero attached hydrogens (tertiary/aromatic N) is 4. The van der Waals surface area contributed by atoms with Gasteiger partial charge in [0.15, 0.2) is 5.82 Å². The van der Waals surface area contributed by atoms with E-state index in [2.05, 4.69) is 31.5 Å². The second-order valence-corrected chi connectivity index (χ2v) is 6.09. The van der Waals surface area contributed by atoms with Crippen LogP contribution in [-0.4, -0.2) is 26.1 Å². The lowest BCUT2D eigenvalue weighted by molar-refractivity contribution is 0.100. The van der Waals surface area contributed by atoms with Crippen LogP contribution in [0.25, 0.3) is 11.4 Å². The molecule has 100 valence electrons. The van der Waals surface area contributed by atoms with Crippen LogP contribution in [0.2, 0.25) is 0 Å². The molecule has 1 aromatic heterocycles. The number of amides is 1. The van der Waals surface area contributed by atoms with E-state index in [1.807, 2.05) is 26.8 Å². The Morgan fingerprint density at radius 1 is 1.32 bits per heavy atom. The number of carbonyl (C=O) groups is 1. The number of carbonyl (C=O) groups excluding carboxylic acids is 1. The molecule has 6 nitrogen and oxygen atoms in total. The molecule has 1 aromatic carbocycles. The molecule has 0 saturated heterocycles. The maximum Gasteiger partial charge on any atom is 0.248 e. The Bertz CT molecular complexity index is 629. The summed E-state index contributed by atoms with van der Waals surface area (Å²) in [5.74, 6) is 0.105. The number of tetrazole rings is 1. The second kappa shape index (κ2) is 4.73. The maximum atomic E-state index is 11.3. The molecule has 0 aliphatic rings. The molecule has 2 aromatic rings. The SMILES string of the molecule is CC(C)(C)n1nnnc1-c1cc(Br)cc(C(N)=O)c1. The molecule has 1 heterocycles. The van der Waals surface area contributed by atoms with E-state index >= 15 is 0 Å². The van der Waals surface area contributed by atoms with E-state index in [0.717, 1.165) is 10.0 Å². The van der Waals surface area contributed by atoms with Gasteiger partial charge < -0.3 is 5.73 Å². The molecule has 2 N–H and O–H groups in total. The summed E-state index contributed by atoms with van der Waals surface area (Å²) in [7, 11) is 0. The van der Waals surface area contributed by atoms with E-state index in [1.165, 1.54) is 0 Å². The summed E-state index contributed by atoms with van der Waals surface area (Å²) in [4.78, 5) is 11.3. The molecule has 2 rings (SSSR count). The smallest absolute Gasteiger partial charge is 0.248 e. The first-order chi connectivity index (χ1) is 8.79. The molecule has 0 bridgehead atoms. The van der Waals surface area contributed by atoms with Crippen molar-refractivity contribution in [3.8, 4) is 11.4 Å². The van der Waals surface area contributed by atoms with Crippen molar-refractivity contribution in [3.63, 3.8) is 0 Å². The Labute approximate surface area is 119 Å². The van der Waals surface area contributed by atoms with Gasteiger partial charge in [-0.3, -0.25) is 4.79 Å². The molecule has 19 heavy (non-hydrogen) atoms. The van der Waals surface area contributed by atoms with E-state index in [0.29, 0.717) is 11.4 Å². The lowest BCUT2D eigenvalue weighted by Gasteiger charge is -2.20. The highest BCUT2D eigenvalue weighted by atomic mass is 79.9. The Balaban J connectivity index is 2.60. The van der Waals surface area contributed by atoms with Crippen LogP contribution in [0.4, 0.5) is 0 Å². The van der Waals surface area contributed by atoms with Crippen molar-refractivity contribution < 1.29 is 4.79 Å². The second-order valence-electron chi connectivity index (χ2n) is 5.18. The van der Waals surface area contributed by atoms with Crippen LogP contribution in [0, 0.1) is 0 Å². The molecular weight excluding hydrogens is 310 g/mol. The third-order valence-corrected chi connectivity index (χ3v) is 3.00. The van der Waals surface area contributed by atoms with Crippen molar-refractivity contribution in [3.05, 3.63) is 28.2 Å². The molecule has 0 spiro atoms. The van der Waals surface area contributed by atoms with Gasteiger partial charge in [-0.15, -0.1) is 5.10 Å². The van der Waals surface area contributed by atoms with E-state index in [-0.39, 0.29) is 5.54 Å². The molecule has 0 aliphatic carbocycles. The van der Waals surface area contributed by atoms with Crippen molar-refractivity contribution in [2.24, 2.45) is 5.73 Å². The minimum Gasteiger partial charge on any atom is -0.366 e. The topological polar surface area (TPSA) is 86.7 Å². The lowest BCUT2D eigenvalue weighted by Crippen LogP contribution is -2.24. The van der Waals surface area contributed by atoms with Gasteiger partial charge in [-0.1, -0.05) is 15.9 Å². The van der Waals surface area contributed by atoms with Crippen molar-refractivity contribution in [2.45, 2.75) is 26.3 Å². The zero-order chi connectivity index (χ0) is 14.2. The molecular formula is C12H14BrN5O. The first kappa shape index (κ1) is 13.7. The predicted molar refractivity (Wildman–Crippen MR) is 74.5 cm³/mol. The number of nitrogens with two attached hydrogens (primary N) is 1. The molecule has 0 radical (unpaired) electrons. The summed E-state index contributed by atoms with van der Waals surface area (Å²) in [6, 6.07) is 5.19. The summed E-state index contributed by atoms with van der Waals surface area (Å²) in [5, 5.41) is 11.7. The average Bonchev–Trinajstić information content (AvgIpc) is 2.76. The van der Waals surface area contributed by atoms with Gasteiger partial charge in [0.25, 0.3) is 0 Å². The van der Waals surface area contributed by atoms with E-state index < -0.39 is 5.91 Å². The van der Waals surface area contributed by atoms with Gasteiger partial charge in [0.2, 0.25) is 5.91 Å². The number of halogens is 1. The molecule has 0 unspecified atom stereocenters. The molecule has 0 aliphatic heterocycles. The molecule has 7 heteroatoms. The van der Waals surface area contributed by atoms with E-state index in [9.17, 15) is 4.79 Å².